The van der Waals surface area contributed by atoms with E-state index in [0.717, 1.165) is 0 Å². The van der Waals surface area contributed by atoms with Gasteiger partial charge in [-0.25, -0.2) is 9.37 Å². The highest BCUT2D eigenvalue weighted by Gasteiger charge is 2.15. The van der Waals surface area contributed by atoms with Crippen LogP contribution in [-0.2, 0) is 0 Å². The fourth-order valence-electron chi connectivity index (χ4n) is 1.65. The number of nitrogen functional groups attached to an aromatic ring is 1. The van der Waals surface area contributed by atoms with Crippen LogP contribution in [0.2, 0.25) is 0 Å². The number of hydrogen-bond donors (Lipinski definition) is 2. The van der Waals surface area contributed by atoms with Gasteiger partial charge < -0.3 is 11.1 Å². The van der Waals surface area contributed by atoms with Crippen molar-refractivity contribution in [1.29, 1.82) is 10.5 Å². The Morgan fingerprint density at radius 3 is 2.62 bits per heavy atom. The summed E-state index contributed by atoms with van der Waals surface area (Å²) in [4.78, 5) is 15.5. The summed E-state index contributed by atoms with van der Waals surface area (Å²) >= 11 is 0. The first kappa shape index (κ1) is 14.0. The molecule has 0 fully saturated rings. The number of benzene rings is 1. The van der Waals surface area contributed by atoms with Crippen molar-refractivity contribution in [2.75, 3.05) is 11.1 Å². The van der Waals surface area contributed by atoms with Crippen molar-refractivity contribution < 1.29 is 9.18 Å². The van der Waals surface area contributed by atoms with Gasteiger partial charge in [-0.3, -0.25) is 4.79 Å². The molecule has 3 N–H and O–H groups in total. The number of pyridine rings is 1. The maximum Gasteiger partial charge on any atom is 0.258 e. The standard InChI is InChI=1S/C14H8FN5O/c15-12-11(3-4-19-13(12)18)14(21)20-10-2-1-8(6-16)9(5-10)7-17/h1-5H,(H2,18,19)(H,20,21). The quantitative estimate of drug-likeness (QED) is 0.870. The van der Waals surface area contributed by atoms with Gasteiger partial charge in [-0.05, 0) is 24.3 Å². The number of rotatable bonds is 2. The summed E-state index contributed by atoms with van der Waals surface area (Å²) in [5.41, 5.74) is 5.61. The number of aromatic nitrogens is 1. The number of carbonyl (C=O) groups excluding carboxylic acids is 1. The van der Waals surface area contributed by atoms with Crippen LogP contribution in [0.1, 0.15) is 21.5 Å². The molecule has 0 aliphatic rings. The monoisotopic (exact) mass is 281 g/mol. The van der Waals surface area contributed by atoms with Gasteiger partial charge in [0.25, 0.3) is 5.91 Å². The highest BCUT2D eigenvalue weighted by atomic mass is 19.1. The molecule has 0 bridgehead atoms. The largest absolute Gasteiger partial charge is 0.381 e. The van der Waals surface area contributed by atoms with Gasteiger partial charge in [0.2, 0.25) is 0 Å². The summed E-state index contributed by atoms with van der Waals surface area (Å²) in [6.45, 7) is 0. The van der Waals surface area contributed by atoms with Gasteiger partial charge in [-0.1, -0.05) is 0 Å². The average molecular weight is 281 g/mol. The molecule has 1 aromatic heterocycles. The fourth-order valence-corrected chi connectivity index (χ4v) is 1.65. The van der Waals surface area contributed by atoms with E-state index >= 15 is 0 Å². The van der Waals surface area contributed by atoms with Crippen LogP contribution in [0.3, 0.4) is 0 Å². The van der Waals surface area contributed by atoms with Gasteiger partial charge in [-0.2, -0.15) is 10.5 Å². The van der Waals surface area contributed by atoms with Crippen LogP contribution in [0.15, 0.2) is 30.5 Å². The molecule has 7 heteroatoms. The van der Waals surface area contributed by atoms with Gasteiger partial charge in [0.1, 0.15) is 12.1 Å². The number of nitrogens with one attached hydrogen (secondary N) is 1. The predicted molar refractivity (Wildman–Crippen MR) is 72.4 cm³/mol. The van der Waals surface area contributed by atoms with E-state index in [0.29, 0.717) is 0 Å². The van der Waals surface area contributed by atoms with Gasteiger partial charge in [0.05, 0.1) is 16.7 Å². The van der Waals surface area contributed by atoms with Crippen LogP contribution < -0.4 is 11.1 Å². The van der Waals surface area contributed by atoms with Crippen molar-refractivity contribution in [3.63, 3.8) is 0 Å². The van der Waals surface area contributed by atoms with Crippen LogP contribution in [-0.4, -0.2) is 10.9 Å². The number of nitrogens with zero attached hydrogens (tertiary/aromatic N) is 3. The van der Waals surface area contributed by atoms with E-state index in [4.69, 9.17) is 16.3 Å². The van der Waals surface area contributed by atoms with Crippen LogP contribution >= 0.6 is 0 Å². The third kappa shape index (κ3) is 2.77. The molecule has 0 atom stereocenters. The van der Waals surface area contributed by atoms with Crippen LogP contribution in [0.25, 0.3) is 0 Å². The van der Waals surface area contributed by atoms with E-state index in [1.807, 2.05) is 12.1 Å². The number of nitrogens with two attached hydrogens (primary N) is 1. The summed E-state index contributed by atoms with van der Waals surface area (Å²) in [5, 5.41) is 20.1. The summed E-state index contributed by atoms with van der Waals surface area (Å²) < 4.78 is 13.7. The van der Waals surface area contributed by atoms with Crippen molar-refractivity contribution in [3.8, 4) is 12.1 Å². The van der Waals surface area contributed by atoms with E-state index in [1.165, 1.54) is 30.5 Å². The van der Waals surface area contributed by atoms with E-state index in [1.54, 1.807) is 0 Å². The zero-order valence-corrected chi connectivity index (χ0v) is 10.6. The van der Waals surface area contributed by atoms with Crippen molar-refractivity contribution in [2.45, 2.75) is 0 Å². The number of hydrogen-bond acceptors (Lipinski definition) is 5. The molecule has 102 valence electrons. The van der Waals surface area contributed by atoms with Crippen LogP contribution in [0, 0.1) is 28.5 Å². The Morgan fingerprint density at radius 2 is 1.95 bits per heavy atom. The third-order valence-electron chi connectivity index (χ3n) is 2.68. The lowest BCUT2D eigenvalue weighted by molar-refractivity contribution is 0.102. The molecule has 0 aliphatic heterocycles. The Hall–Kier alpha value is -3.45. The first-order valence-corrected chi connectivity index (χ1v) is 5.72. The summed E-state index contributed by atoms with van der Waals surface area (Å²) in [5.74, 6) is -2.01. The third-order valence-corrected chi connectivity index (χ3v) is 2.68. The van der Waals surface area contributed by atoms with E-state index < -0.39 is 11.7 Å². The highest BCUT2D eigenvalue weighted by molar-refractivity contribution is 6.04. The molecule has 2 rings (SSSR count). The normalized spacial score (nSPS) is 9.48. The lowest BCUT2D eigenvalue weighted by atomic mass is 10.1. The molecule has 2 aromatic rings. The number of anilines is 2. The smallest absolute Gasteiger partial charge is 0.258 e. The Bertz CT molecular complexity index is 804. The molecule has 0 aliphatic carbocycles. The molecule has 21 heavy (non-hydrogen) atoms. The molecule has 1 amide bonds. The molecule has 0 spiro atoms. The minimum absolute atomic E-state index is 0.116. The van der Waals surface area contributed by atoms with E-state index in [9.17, 15) is 9.18 Å². The number of carbonyl (C=O) groups is 1. The van der Waals surface area contributed by atoms with Gasteiger partial charge in [0, 0.05) is 11.9 Å². The Kier molecular flexibility index (Phi) is 3.78. The van der Waals surface area contributed by atoms with Gasteiger partial charge in [-0.15, -0.1) is 0 Å². The topological polar surface area (TPSA) is 116 Å². The maximum atomic E-state index is 13.7. The second-order valence-corrected chi connectivity index (χ2v) is 4.00. The molecular weight excluding hydrogens is 273 g/mol. The van der Waals surface area contributed by atoms with Crippen molar-refractivity contribution in [3.05, 3.63) is 53.0 Å². The zero-order chi connectivity index (χ0) is 15.4. The minimum Gasteiger partial charge on any atom is -0.381 e. The summed E-state index contributed by atoms with van der Waals surface area (Å²) in [6, 6.07) is 9.06. The molecule has 0 radical (unpaired) electrons. The predicted octanol–water partition coefficient (Wildman–Crippen LogP) is 1.80. The Labute approximate surface area is 119 Å². The Balaban J connectivity index is 2.31. The average Bonchev–Trinajstić information content (AvgIpc) is 2.49. The second kappa shape index (κ2) is 5.68. The van der Waals surface area contributed by atoms with Crippen molar-refractivity contribution in [1.82, 2.24) is 4.98 Å². The zero-order valence-electron chi connectivity index (χ0n) is 10.6. The molecule has 0 unspecified atom stereocenters. The van der Waals surface area contributed by atoms with Gasteiger partial charge >= 0.3 is 0 Å². The molecule has 0 saturated carbocycles. The maximum absolute atomic E-state index is 13.7. The fraction of sp³-hybridized carbons (Fsp3) is 0. The first-order chi connectivity index (χ1) is 10.1. The molecule has 6 nitrogen and oxygen atoms in total. The number of halogens is 1. The lowest BCUT2D eigenvalue weighted by Gasteiger charge is -2.07. The van der Waals surface area contributed by atoms with Crippen molar-refractivity contribution in [2.24, 2.45) is 0 Å². The number of nitriles is 2. The van der Waals surface area contributed by atoms with Crippen molar-refractivity contribution >= 4 is 17.4 Å². The van der Waals surface area contributed by atoms with Crippen LogP contribution in [0.4, 0.5) is 15.9 Å². The number of amides is 1. The highest BCUT2D eigenvalue weighted by Crippen LogP contribution is 2.17. The summed E-state index contributed by atoms with van der Waals surface area (Å²) in [7, 11) is 0. The molecule has 0 saturated heterocycles. The van der Waals surface area contributed by atoms with Crippen LogP contribution in [0.5, 0.6) is 0 Å². The second-order valence-electron chi connectivity index (χ2n) is 4.00. The van der Waals surface area contributed by atoms with E-state index in [2.05, 4.69) is 10.3 Å². The summed E-state index contributed by atoms with van der Waals surface area (Å²) in [6.07, 6.45) is 1.22. The molecular formula is C14H8FN5O. The Morgan fingerprint density at radius 1 is 1.24 bits per heavy atom. The van der Waals surface area contributed by atoms with E-state index in [-0.39, 0.29) is 28.2 Å². The SMILES string of the molecule is N#Cc1ccc(NC(=O)c2ccnc(N)c2F)cc1C#N. The first-order valence-electron chi connectivity index (χ1n) is 5.72. The lowest BCUT2D eigenvalue weighted by Crippen LogP contribution is -2.15. The minimum atomic E-state index is -0.913. The van der Waals surface area contributed by atoms with Gasteiger partial charge in [0.15, 0.2) is 11.6 Å². The molecule has 1 aromatic carbocycles. The molecule has 1 heterocycles.